The summed E-state index contributed by atoms with van der Waals surface area (Å²) in [6, 6.07) is 5.64. The van der Waals surface area contributed by atoms with Gasteiger partial charge >= 0.3 is 0 Å². The highest BCUT2D eigenvalue weighted by Gasteiger charge is 2.26. The van der Waals surface area contributed by atoms with E-state index >= 15 is 0 Å². The normalized spacial score (nSPS) is 13.4. The minimum absolute atomic E-state index is 0.0439. The second-order valence-electron chi connectivity index (χ2n) is 6.79. The molecule has 140 valence electrons. The summed E-state index contributed by atoms with van der Waals surface area (Å²) in [4.78, 5) is 27.0. The van der Waals surface area contributed by atoms with Gasteiger partial charge in [-0.15, -0.1) is 0 Å². The number of nitro groups is 1. The van der Waals surface area contributed by atoms with Crippen molar-refractivity contribution in [1.29, 1.82) is 0 Å². The van der Waals surface area contributed by atoms with Crippen molar-refractivity contribution in [2.75, 3.05) is 0 Å². The zero-order valence-electron chi connectivity index (χ0n) is 15.4. The van der Waals surface area contributed by atoms with Crippen LogP contribution in [0.2, 0.25) is 0 Å². The van der Waals surface area contributed by atoms with Crippen LogP contribution in [0.1, 0.15) is 52.5 Å². The van der Waals surface area contributed by atoms with Crippen LogP contribution in [0.5, 0.6) is 0 Å². The summed E-state index contributed by atoms with van der Waals surface area (Å²) >= 11 is 0. The number of hydrogen-bond acceptors (Lipinski definition) is 6. The largest absolute Gasteiger partial charge is 0.344 e. The number of non-ortho nitro benzene ring substituents is 1. The average molecular weight is 360 g/mol. The van der Waals surface area contributed by atoms with Gasteiger partial charge in [0.1, 0.15) is 6.04 Å². The lowest BCUT2D eigenvalue weighted by atomic mass is 9.98. The second-order valence-corrected chi connectivity index (χ2v) is 6.79. The first-order chi connectivity index (χ1) is 12.3. The molecule has 0 spiro atoms. The van der Waals surface area contributed by atoms with Crippen molar-refractivity contribution in [3.8, 4) is 11.4 Å². The molecule has 1 aromatic heterocycles. The molecule has 8 nitrogen and oxygen atoms in total. The van der Waals surface area contributed by atoms with Gasteiger partial charge in [-0.2, -0.15) is 4.98 Å². The highest BCUT2D eigenvalue weighted by Crippen LogP contribution is 2.27. The third kappa shape index (κ3) is 4.87. The van der Waals surface area contributed by atoms with Crippen molar-refractivity contribution < 1.29 is 14.2 Å². The van der Waals surface area contributed by atoms with Gasteiger partial charge in [0.15, 0.2) is 0 Å². The summed E-state index contributed by atoms with van der Waals surface area (Å²) in [6.45, 7) is 7.97. The molecular weight excluding hydrogens is 336 g/mol. The number of carbonyl (C=O) groups excluding carboxylic acids is 1. The van der Waals surface area contributed by atoms with Gasteiger partial charge in [0, 0.05) is 24.1 Å². The van der Waals surface area contributed by atoms with Crippen LogP contribution in [0, 0.1) is 22.0 Å². The number of nitrogens with one attached hydrogen (secondary N) is 1. The number of carbonyl (C=O) groups is 1. The van der Waals surface area contributed by atoms with Gasteiger partial charge in [-0.1, -0.05) is 51.4 Å². The monoisotopic (exact) mass is 360 g/mol. The van der Waals surface area contributed by atoms with Crippen molar-refractivity contribution in [2.24, 2.45) is 11.8 Å². The van der Waals surface area contributed by atoms with Gasteiger partial charge in [0.05, 0.1) is 4.92 Å². The highest BCUT2D eigenvalue weighted by atomic mass is 16.6. The van der Waals surface area contributed by atoms with Gasteiger partial charge in [-0.25, -0.2) is 0 Å². The van der Waals surface area contributed by atoms with Gasteiger partial charge in [0.25, 0.3) is 5.69 Å². The van der Waals surface area contributed by atoms with E-state index in [1.54, 1.807) is 12.1 Å². The maximum Gasteiger partial charge on any atom is 0.270 e. The number of rotatable bonds is 8. The molecule has 26 heavy (non-hydrogen) atoms. The van der Waals surface area contributed by atoms with Crippen LogP contribution in [-0.4, -0.2) is 21.0 Å². The minimum Gasteiger partial charge on any atom is -0.344 e. The van der Waals surface area contributed by atoms with Crippen molar-refractivity contribution >= 4 is 11.6 Å². The van der Waals surface area contributed by atoms with Crippen LogP contribution in [-0.2, 0) is 4.79 Å². The molecule has 0 aliphatic heterocycles. The van der Waals surface area contributed by atoms with Gasteiger partial charge in [-0.3, -0.25) is 14.9 Å². The smallest absolute Gasteiger partial charge is 0.270 e. The summed E-state index contributed by atoms with van der Waals surface area (Å²) in [7, 11) is 0. The van der Waals surface area contributed by atoms with Gasteiger partial charge in [0.2, 0.25) is 17.6 Å². The van der Waals surface area contributed by atoms with E-state index in [-0.39, 0.29) is 29.3 Å². The van der Waals surface area contributed by atoms with Crippen molar-refractivity contribution in [3.05, 3.63) is 40.3 Å². The molecule has 0 unspecified atom stereocenters. The number of amides is 1. The SMILES string of the molecule is CC[C@H](C)[C@H](NC(=O)CC(C)C)c1nc(-c2cccc([N+](=O)[O-])c2)no1. The van der Waals surface area contributed by atoms with Crippen LogP contribution in [0.4, 0.5) is 5.69 Å². The van der Waals surface area contributed by atoms with E-state index in [9.17, 15) is 14.9 Å². The number of aromatic nitrogens is 2. The number of nitrogens with zero attached hydrogens (tertiary/aromatic N) is 3. The molecule has 0 fully saturated rings. The second kappa shape index (κ2) is 8.55. The maximum absolute atomic E-state index is 12.2. The van der Waals surface area contributed by atoms with Crippen molar-refractivity contribution in [1.82, 2.24) is 15.5 Å². The Kier molecular flexibility index (Phi) is 6.43. The molecule has 0 aliphatic carbocycles. The minimum atomic E-state index is -0.474. The van der Waals surface area contributed by atoms with Crippen LogP contribution in [0.25, 0.3) is 11.4 Å². The fraction of sp³-hybridized carbons (Fsp3) is 0.500. The third-order valence-corrected chi connectivity index (χ3v) is 4.15. The molecule has 0 aliphatic rings. The Hall–Kier alpha value is -2.77. The molecule has 1 N–H and O–H groups in total. The molecule has 0 bridgehead atoms. The van der Waals surface area contributed by atoms with Crippen LogP contribution < -0.4 is 5.32 Å². The molecule has 0 saturated heterocycles. The van der Waals surface area contributed by atoms with Crippen LogP contribution in [0.3, 0.4) is 0 Å². The summed E-state index contributed by atoms with van der Waals surface area (Å²) in [5, 5.41) is 17.8. The van der Waals surface area contributed by atoms with Gasteiger partial charge < -0.3 is 9.84 Å². The zero-order valence-corrected chi connectivity index (χ0v) is 15.4. The van der Waals surface area contributed by atoms with E-state index in [1.165, 1.54) is 12.1 Å². The predicted molar refractivity (Wildman–Crippen MR) is 96.2 cm³/mol. The number of nitro benzene ring substituents is 1. The van der Waals surface area contributed by atoms with Crippen LogP contribution >= 0.6 is 0 Å². The van der Waals surface area contributed by atoms with E-state index in [0.717, 1.165) is 6.42 Å². The Balaban J connectivity index is 2.27. The Labute approximate surface area is 152 Å². The van der Waals surface area contributed by atoms with E-state index in [0.29, 0.717) is 17.9 Å². The third-order valence-electron chi connectivity index (χ3n) is 4.15. The molecule has 1 aromatic carbocycles. The summed E-state index contributed by atoms with van der Waals surface area (Å²) in [5.74, 6) is 0.841. The number of benzene rings is 1. The molecule has 2 aromatic rings. The molecule has 2 rings (SSSR count). The standard InChI is InChI=1S/C18H24N4O4/c1-5-12(4)16(19-15(23)9-11(2)3)18-20-17(21-26-18)13-7-6-8-14(10-13)22(24)25/h6-8,10-12,16H,5,9H2,1-4H3,(H,19,23)/t12-,16-/m0/s1. The summed E-state index contributed by atoms with van der Waals surface area (Å²) < 4.78 is 5.36. The Bertz CT molecular complexity index is 772. The van der Waals surface area contributed by atoms with E-state index in [2.05, 4.69) is 15.5 Å². The molecule has 8 heteroatoms. The highest BCUT2D eigenvalue weighted by molar-refractivity contribution is 5.76. The lowest BCUT2D eigenvalue weighted by Crippen LogP contribution is -2.33. The maximum atomic E-state index is 12.2. The lowest BCUT2D eigenvalue weighted by molar-refractivity contribution is -0.384. The first-order valence-electron chi connectivity index (χ1n) is 8.69. The molecule has 0 saturated carbocycles. The lowest BCUT2D eigenvalue weighted by Gasteiger charge is -2.21. The Morgan fingerprint density at radius 1 is 1.35 bits per heavy atom. The number of hydrogen-bond donors (Lipinski definition) is 1. The quantitative estimate of drug-likeness (QED) is 0.564. The molecule has 1 heterocycles. The molecular formula is C18H24N4O4. The first-order valence-corrected chi connectivity index (χ1v) is 8.69. The van der Waals surface area contributed by atoms with Crippen LogP contribution in [0.15, 0.2) is 28.8 Å². The van der Waals surface area contributed by atoms with E-state index in [4.69, 9.17) is 4.52 Å². The zero-order chi connectivity index (χ0) is 19.3. The Morgan fingerprint density at radius 3 is 2.69 bits per heavy atom. The summed E-state index contributed by atoms with van der Waals surface area (Å²) in [6.07, 6.45) is 1.24. The molecule has 2 atom stereocenters. The molecule has 0 radical (unpaired) electrons. The average Bonchev–Trinajstić information content (AvgIpc) is 3.08. The van der Waals surface area contributed by atoms with E-state index < -0.39 is 11.0 Å². The predicted octanol–water partition coefficient (Wildman–Crippen LogP) is 3.89. The molecule has 1 amide bonds. The fourth-order valence-corrected chi connectivity index (χ4v) is 2.52. The van der Waals surface area contributed by atoms with Gasteiger partial charge in [-0.05, 0) is 11.8 Å². The van der Waals surface area contributed by atoms with Crippen molar-refractivity contribution in [2.45, 2.75) is 46.6 Å². The first kappa shape index (κ1) is 19.6. The topological polar surface area (TPSA) is 111 Å². The Morgan fingerprint density at radius 2 is 2.08 bits per heavy atom. The fourth-order valence-electron chi connectivity index (χ4n) is 2.52. The summed E-state index contributed by atoms with van der Waals surface area (Å²) in [5.41, 5.74) is 0.447. The van der Waals surface area contributed by atoms with E-state index in [1.807, 2.05) is 27.7 Å². The van der Waals surface area contributed by atoms with Crippen molar-refractivity contribution in [3.63, 3.8) is 0 Å².